The van der Waals surface area contributed by atoms with Crippen LogP contribution in [0, 0.1) is 0 Å². The van der Waals surface area contributed by atoms with E-state index in [2.05, 4.69) is 15.2 Å². The minimum absolute atomic E-state index is 0. The third kappa shape index (κ3) is 6.13. The standard InChI is InChI=1S/C21H32N4O4.HI/c1-4-28-17-8-7-16(14-19(17)27-3)15-23-21(22-2)25-11-9-24(10-12-25)20(26)18-6-5-13-29-18;/h7-8,14,18H,4-6,9-13,15H2,1-3H3,(H,22,23);1H. The molecule has 0 aliphatic carbocycles. The molecule has 1 aromatic rings. The number of benzene rings is 1. The number of methoxy groups -OCH3 is 1. The molecule has 168 valence electrons. The highest BCUT2D eigenvalue weighted by Crippen LogP contribution is 2.28. The van der Waals surface area contributed by atoms with Gasteiger partial charge in [0.2, 0.25) is 0 Å². The highest BCUT2D eigenvalue weighted by atomic mass is 127. The molecule has 1 unspecified atom stereocenters. The van der Waals surface area contributed by atoms with Gasteiger partial charge in [0.15, 0.2) is 17.5 Å². The quantitative estimate of drug-likeness (QED) is 0.344. The lowest BCUT2D eigenvalue weighted by Crippen LogP contribution is -2.55. The van der Waals surface area contributed by atoms with E-state index in [1.165, 1.54) is 0 Å². The number of carbonyl (C=O) groups is 1. The van der Waals surface area contributed by atoms with Crippen molar-refractivity contribution in [3.63, 3.8) is 0 Å². The zero-order chi connectivity index (χ0) is 20.6. The highest BCUT2D eigenvalue weighted by Gasteiger charge is 2.30. The van der Waals surface area contributed by atoms with Crippen LogP contribution in [-0.2, 0) is 16.1 Å². The van der Waals surface area contributed by atoms with Crippen molar-refractivity contribution in [1.29, 1.82) is 0 Å². The Balaban J connectivity index is 0.00000320. The summed E-state index contributed by atoms with van der Waals surface area (Å²) in [5.74, 6) is 2.44. The summed E-state index contributed by atoms with van der Waals surface area (Å²) >= 11 is 0. The average Bonchev–Trinajstić information content (AvgIpc) is 3.30. The van der Waals surface area contributed by atoms with Crippen molar-refractivity contribution in [3.05, 3.63) is 23.8 Å². The van der Waals surface area contributed by atoms with E-state index in [4.69, 9.17) is 14.2 Å². The predicted molar refractivity (Wildman–Crippen MR) is 127 cm³/mol. The van der Waals surface area contributed by atoms with Crippen molar-refractivity contribution in [1.82, 2.24) is 15.1 Å². The van der Waals surface area contributed by atoms with Gasteiger partial charge >= 0.3 is 0 Å². The zero-order valence-electron chi connectivity index (χ0n) is 18.1. The molecule has 2 saturated heterocycles. The summed E-state index contributed by atoms with van der Waals surface area (Å²) in [4.78, 5) is 21.0. The Hall–Kier alpha value is -1.75. The normalized spacial score (nSPS) is 19.3. The zero-order valence-corrected chi connectivity index (χ0v) is 20.4. The lowest BCUT2D eigenvalue weighted by molar-refractivity contribution is -0.142. The number of ether oxygens (including phenoxy) is 3. The maximum atomic E-state index is 12.5. The van der Waals surface area contributed by atoms with Gasteiger partial charge < -0.3 is 29.3 Å². The van der Waals surface area contributed by atoms with Crippen LogP contribution >= 0.6 is 24.0 Å². The van der Waals surface area contributed by atoms with Crippen molar-refractivity contribution in [2.24, 2.45) is 4.99 Å². The summed E-state index contributed by atoms with van der Waals surface area (Å²) in [6.07, 6.45) is 1.57. The van der Waals surface area contributed by atoms with Gasteiger partial charge in [-0.2, -0.15) is 0 Å². The first-order valence-electron chi connectivity index (χ1n) is 10.3. The molecule has 2 aliphatic rings. The Labute approximate surface area is 196 Å². The third-order valence-corrected chi connectivity index (χ3v) is 5.29. The van der Waals surface area contributed by atoms with Gasteiger partial charge in [-0.25, -0.2) is 0 Å². The monoisotopic (exact) mass is 532 g/mol. The minimum atomic E-state index is -0.242. The molecule has 2 aliphatic heterocycles. The van der Waals surface area contributed by atoms with E-state index in [0.29, 0.717) is 32.8 Å². The Bertz CT molecular complexity index is 717. The van der Waals surface area contributed by atoms with Gasteiger partial charge in [-0.15, -0.1) is 24.0 Å². The van der Waals surface area contributed by atoms with Crippen LogP contribution in [-0.4, -0.2) is 81.3 Å². The van der Waals surface area contributed by atoms with Crippen LogP contribution < -0.4 is 14.8 Å². The first-order valence-corrected chi connectivity index (χ1v) is 10.3. The summed E-state index contributed by atoms with van der Waals surface area (Å²) < 4.78 is 16.5. The van der Waals surface area contributed by atoms with Crippen LogP contribution in [0.3, 0.4) is 0 Å². The molecule has 2 fully saturated rings. The number of guanidine groups is 1. The van der Waals surface area contributed by atoms with Crippen LogP contribution in [0.25, 0.3) is 0 Å². The summed E-state index contributed by atoms with van der Waals surface area (Å²) in [7, 11) is 3.43. The second-order valence-electron chi connectivity index (χ2n) is 7.13. The van der Waals surface area contributed by atoms with Crippen LogP contribution in [0.5, 0.6) is 11.5 Å². The number of nitrogens with one attached hydrogen (secondary N) is 1. The highest BCUT2D eigenvalue weighted by molar-refractivity contribution is 14.0. The van der Waals surface area contributed by atoms with E-state index in [1.807, 2.05) is 30.0 Å². The Morgan fingerprint density at radius 1 is 1.23 bits per heavy atom. The summed E-state index contributed by atoms with van der Waals surface area (Å²) in [5, 5.41) is 3.41. The van der Waals surface area contributed by atoms with Crippen LogP contribution in [0.15, 0.2) is 23.2 Å². The van der Waals surface area contributed by atoms with E-state index in [0.717, 1.165) is 49.0 Å². The minimum Gasteiger partial charge on any atom is -0.493 e. The first kappa shape index (κ1) is 24.5. The maximum absolute atomic E-state index is 12.5. The molecule has 30 heavy (non-hydrogen) atoms. The smallest absolute Gasteiger partial charge is 0.251 e. The number of piperazine rings is 1. The molecule has 3 rings (SSSR count). The summed E-state index contributed by atoms with van der Waals surface area (Å²) in [6.45, 7) is 6.77. The van der Waals surface area contributed by atoms with Crippen LogP contribution in [0.2, 0.25) is 0 Å². The van der Waals surface area contributed by atoms with Crippen LogP contribution in [0.4, 0.5) is 0 Å². The number of nitrogens with zero attached hydrogens (tertiary/aromatic N) is 3. The lowest BCUT2D eigenvalue weighted by atomic mass is 10.2. The molecule has 1 N–H and O–H groups in total. The Morgan fingerprint density at radius 2 is 1.97 bits per heavy atom. The number of rotatable bonds is 6. The predicted octanol–water partition coefficient (Wildman–Crippen LogP) is 2.11. The molecule has 1 aromatic carbocycles. The van der Waals surface area contributed by atoms with Crippen molar-refractivity contribution in [3.8, 4) is 11.5 Å². The molecule has 8 nitrogen and oxygen atoms in total. The van der Waals surface area contributed by atoms with Crippen LogP contribution in [0.1, 0.15) is 25.3 Å². The number of carbonyl (C=O) groups excluding carboxylic acids is 1. The average molecular weight is 532 g/mol. The molecule has 0 spiro atoms. The molecule has 0 bridgehead atoms. The Kier molecular flexibility index (Phi) is 9.96. The van der Waals surface area contributed by atoms with Gasteiger partial charge in [-0.05, 0) is 37.5 Å². The molecule has 9 heteroatoms. The fourth-order valence-electron chi connectivity index (χ4n) is 3.72. The SMILES string of the molecule is CCOc1ccc(CNC(=NC)N2CCN(C(=O)C3CCCO3)CC2)cc1OC.I. The molecule has 1 atom stereocenters. The second-order valence-corrected chi connectivity index (χ2v) is 7.13. The summed E-state index contributed by atoms with van der Waals surface area (Å²) in [6, 6.07) is 5.92. The molecular weight excluding hydrogens is 499 g/mol. The number of hydrogen-bond acceptors (Lipinski definition) is 5. The van der Waals surface area contributed by atoms with Crippen molar-refractivity contribution >= 4 is 35.8 Å². The topological polar surface area (TPSA) is 75.6 Å². The molecule has 2 heterocycles. The van der Waals surface area contributed by atoms with Gasteiger partial charge in [-0.1, -0.05) is 6.07 Å². The number of amides is 1. The molecule has 1 amide bonds. The molecular formula is C21H33IN4O4. The Morgan fingerprint density at radius 3 is 2.57 bits per heavy atom. The largest absolute Gasteiger partial charge is 0.493 e. The lowest BCUT2D eigenvalue weighted by Gasteiger charge is -2.37. The van der Waals surface area contributed by atoms with Gasteiger partial charge in [0, 0.05) is 46.4 Å². The van der Waals surface area contributed by atoms with Gasteiger partial charge in [-0.3, -0.25) is 9.79 Å². The maximum Gasteiger partial charge on any atom is 0.251 e. The van der Waals surface area contributed by atoms with E-state index in [1.54, 1.807) is 14.2 Å². The van der Waals surface area contributed by atoms with Gasteiger partial charge in [0.05, 0.1) is 13.7 Å². The molecule has 0 aromatic heterocycles. The number of hydrogen-bond donors (Lipinski definition) is 1. The van der Waals surface area contributed by atoms with E-state index in [9.17, 15) is 4.79 Å². The van der Waals surface area contributed by atoms with Gasteiger partial charge in [0.1, 0.15) is 6.10 Å². The molecule has 0 saturated carbocycles. The van der Waals surface area contributed by atoms with Crippen molar-refractivity contribution in [2.75, 3.05) is 53.6 Å². The number of aliphatic imine (C=N–C) groups is 1. The third-order valence-electron chi connectivity index (χ3n) is 5.29. The molecule has 0 radical (unpaired) electrons. The fourth-order valence-corrected chi connectivity index (χ4v) is 3.72. The number of halogens is 1. The van der Waals surface area contributed by atoms with Gasteiger partial charge in [0.25, 0.3) is 5.91 Å². The van der Waals surface area contributed by atoms with Crippen molar-refractivity contribution < 1.29 is 19.0 Å². The van der Waals surface area contributed by atoms with E-state index < -0.39 is 0 Å². The summed E-state index contributed by atoms with van der Waals surface area (Å²) in [5.41, 5.74) is 1.08. The second kappa shape index (κ2) is 12.2. The van der Waals surface area contributed by atoms with E-state index >= 15 is 0 Å². The van der Waals surface area contributed by atoms with Crippen molar-refractivity contribution in [2.45, 2.75) is 32.4 Å². The van der Waals surface area contributed by atoms with E-state index in [-0.39, 0.29) is 36.0 Å². The fraction of sp³-hybridized carbons (Fsp3) is 0.619. The first-order chi connectivity index (χ1) is 14.2.